The molecule has 0 radical (unpaired) electrons. The van der Waals surface area contributed by atoms with Gasteiger partial charge in [-0.15, -0.1) is 22.9 Å². The largest absolute Gasteiger partial charge is 0.365 e. The normalized spacial score (nSPS) is 17.4. The Morgan fingerprint density at radius 3 is 2.71 bits per heavy atom. The van der Waals surface area contributed by atoms with E-state index in [1.54, 1.807) is 0 Å². The molecule has 0 aromatic carbocycles. The van der Waals surface area contributed by atoms with E-state index in [1.165, 1.54) is 16.2 Å². The molecule has 1 aliphatic rings. The van der Waals surface area contributed by atoms with Gasteiger partial charge < -0.3 is 11.1 Å². The van der Waals surface area contributed by atoms with Crippen molar-refractivity contribution in [3.8, 4) is 0 Å². The predicted octanol–water partition coefficient (Wildman–Crippen LogP) is 4.35. The van der Waals surface area contributed by atoms with Gasteiger partial charge >= 0.3 is 0 Å². The predicted molar refractivity (Wildman–Crippen MR) is 101 cm³/mol. The second-order valence-corrected chi connectivity index (χ2v) is 8.68. The van der Waals surface area contributed by atoms with E-state index in [9.17, 15) is 9.59 Å². The molecule has 1 unspecified atom stereocenters. The van der Waals surface area contributed by atoms with Crippen LogP contribution in [-0.2, 0) is 17.6 Å². The van der Waals surface area contributed by atoms with Crippen LogP contribution in [-0.4, -0.2) is 17.7 Å². The van der Waals surface area contributed by atoms with Gasteiger partial charge in [0.05, 0.1) is 5.56 Å². The van der Waals surface area contributed by atoms with Gasteiger partial charge in [0.25, 0.3) is 5.91 Å². The summed E-state index contributed by atoms with van der Waals surface area (Å²) in [4.78, 5) is 25.2. The second kappa shape index (κ2) is 7.87. The lowest BCUT2D eigenvalue weighted by molar-refractivity contribution is -0.116. The van der Waals surface area contributed by atoms with E-state index < -0.39 is 5.91 Å². The van der Waals surface area contributed by atoms with E-state index in [0.29, 0.717) is 35.2 Å². The molecule has 1 atom stereocenters. The zero-order chi connectivity index (χ0) is 17.9. The Balaban J connectivity index is 2.26. The molecule has 0 bridgehead atoms. The second-order valence-electron chi connectivity index (χ2n) is 7.19. The van der Waals surface area contributed by atoms with Crippen LogP contribution in [0.15, 0.2) is 0 Å². The Morgan fingerprint density at radius 1 is 1.42 bits per heavy atom. The number of hydrogen-bond acceptors (Lipinski definition) is 3. The maximum absolute atomic E-state index is 12.0. The van der Waals surface area contributed by atoms with Gasteiger partial charge in [0.1, 0.15) is 5.00 Å². The summed E-state index contributed by atoms with van der Waals surface area (Å²) >= 11 is 7.15. The Morgan fingerprint density at radius 2 is 2.12 bits per heavy atom. The summed E-state index contributed by atoms with van der Waals surface area (Å²) in [5.41, 5.74) is 7.44. The molecule has 6 heteroatoms. The SMILES string of the molecule is CCC(C)(C)C1CCc2c(sc(NC(=O)CCCCl)c2C(N)=O)C1. The van der Waals surface area contributed by atoms with Gasteiger partial charge in [0.2, 0.25) is 5.91 Å². The zero-order valence-corrected chi connectivity index (χ0v) is 16.3. The molecule has 3 N–H and O–H groups in total. The minimum atomic E-state index is -0.451. The third-order valence-electron chi connectivity index (χ3n) is 5.32. The zero-order valence-electron chi connectivity index (χ0n) is 14.7. The molecule has 0 aliphatic heterocycles. The summed E-state index contributed by atoms with van der Waals surface area (Å²) in [5.74, 6) is 0.481. The number of rotatable bonds is 7. The highest BCUT2D eigenvalue weighted by Crippen LogP contribution is 2.45. The van der Waals surface area contributed by atoms with Crippen LogP contribution in [0.2, 0.25) is 0 Å². The molecule has 2 amide bonds. The number of carbonyl (C=O) groups excluding carboxylic acids is 2. The first-order valence-electron chi connectivity index (χ1n) is 8.60. The van der Waals surface area contributed by atoms with Crippen LogP contribution in [0.3, 0.4) is 0 Å². The van der Waals surface area contributed by atoms with Crippen LogP contribution >= 0.6 is 22.9 Å². The van der Waals surface area contributed by atoms with E-state index in [0.717, 1.165) is 31.2 Å². The molecule has 0 spiro atoms. The van der Waals surface area contributed by atoms with Gasteiger partial charge in [-0.05, 0) is 42.6 Å². The molecule has 134 valence electrons. The van der Waals surface area contributed by atoms with Gasteiger partial charge in [-0.2, -0.15) is 0 Å². The Labute approximate surface area is 153 Å². The number of fused-ring (bicyclic) bond motifs is 1. The van der Waals surface area contributed by atoms with Crippen molar-refractivity contribution >= 4 is 39.8 Å². The number of nitrogens with one attached hydrogen (secondary N) is 1. The van der Waals surface area contributed by atoms with E-state index in [4.69, 9.17) is 17.3 Å². The summed E-state index contributed by atoms with van der Waals surface area (Å²) in [6.07, 6.45) is 4.98. The Bertz CT molecular complexity index is 625. The van der Waals surface area contributed by atoms with Crippen molar-refractivity contribution in [3.63, 3.8) is 0 Å². The first-order chi connectivity index (χ1) is 11.3. The summed E-state index contributed by atoms with van der Waals surface area (Å²) in [6.45, 7) is 6.83. The van der Waals surface area contributed by atoms with Crippen LogP contribution in [0.4, 0.5) is 5.00 Å². The molecule has 2 rings (SSSR count). The van der Waals surface area contributed by atoms with Crippen molar-refractivity contribution in [1.29, 1.82) is 0 Å². The molecule has 0 fully saturated rings. The standard InChI is InChI=1S/C18H27ClN2O2S/c1-4-18(2,3)11-7-8-12-13(10-11)24-17(15(12)16(20)23)21-14(22)6-5-9-19/h11H,4-10H2,1-3H3,(H2,20,23)(H,21,22). The highest BCUT2D eigenvalue weighted by Gasteiger charge is 2.34. The van der Waals surface area contributed by atoms with E-state index in [1.807, 2.05) is 0 Å². The first-order valence-corrected chi connectivity index (χ1v) is 9.95. The molecular formula is C18H27ClN2O2S. The average molecular weight is 371 g/mol. The molecule has 4 nitrogen and oxygen atoms in total. The monoisotopic (exact) mass is 370 g/mol. The number of nitrogens with two attached hydrogens (primary N) is 1. The van der Waals surface area contributed by atoms with Crippen LogP contribution in [0, 0.1) is 11.3 Å². The van der Waals surface area contributed by atoms with Crippen LogP contribution in [0.1, 0.15) is 67.3 Å². The fourth-order valence-corrected chi connectivity index (χ4v) is 4.79. The molecule has 1 aromatic heterocycles. The molecule has 0 saturated heterocycles. The Hall–Kier alpha value is -1.07. The van der Waals surface area contributed by atoms with Gasteiger partial charge in [-0.1, -0.05) is 27.2 Å². The summed E-state index contributed by atoms with van der Waals surface area (Å²) in [7, 11) is 0. The molecule has 1 heterocycles. The van der Waals surface area contributed by atoms with Gasteiger partial charge in [0, 0.05) is 17.2 Å². The van der Waals surface area contributed by atoms with Gasteiger partial charge in [-0.3, -0.25) is 9.59 Å². The number of hydrogen-bond donors (Lipinski definition) is 2. The lowest BCUT2D eigenvalue weighted by Gasteiger charge is -2.36. The minimum Gasteiger partial charge on any atom is -0.365 e. The highest BCUT2D eigenvalue weighted by atomic mass is 35.5. The highest BCUT2D eigenvalue weighted by molar-refractivity contribution is 7.17. The van der Waals surface area contributed by atoms with Crippen LogP contribution in [0.5, 0.6) is 0 Å². The average Bonchev–Trinajstić information content (AvgIpc) is 2.89. The van der Waals surface area contributed by atoms with Gasteiger partial charge in [0.15, 0.2) is 0 Å². The molecular weight excluding hydrogens is 344 g/mol. The van der Waals surface area contributed by atoms with Crippen molar-refractivity contribution in [2.24, 2.45) is 17.1 Å². The quantitative estimate of drug-likeness (QED) is 0.700. The maximum atomic E-state index is 12.0. The molecule has 24 heavy (non-hydrogen) atoms. The van der Waals surface area contributed by atoms with E-state index in [-0.39, 0.29) is 11.3 Å². The fraction of sp³-hybridized carbons (Fsp3) is 0.667. The Kier molecular flexibility index (Phi) is 6.32. The lowest BCUT2D eigenvalue weighted by atomic mass is 9.69. The summed E-state index contributed by atoms with van der Waals surface area (Å²) in [6, 6.07) is 0. The van der Waals surface area contributed by atoms with Crippen molar-refractivity contribution in [2.75, 3.05) is 11.2 Å². The van der Waals surface area contributed by atoms with Gasteiger partial charge in [-0.25, -0.2) is 0 Å². The number of anilines is 1. The number of primary amides is 1. The first kappa shape index (κ1) is 19.3. The number of amides is 2. The number of carbonyl (C=O) groups is 2. The molecule has 1 aliphatic carbocycles. The van der Waals surface area contributed by atoms with Crippen molar-refractivity contribution in [1.82, 2.24) is 0 Å². The third kappa shape index (κ3) is 4.12. The van der Waals surface area contributed by atoms with Crippen molar-refractivity contribution in [2.45, 2.75) is 59.3 Å². The molecule has 1 aromatic rings. The maximum Gasteiger partial charge on any atom is 0.251 e. The summed E-state index contributed by atoms with van der Waals surface area (Å²) < 4.78 is 0. The minimum absolute atomic E-state index is 0.109. The van der Waals surface area contributed by atoms with E-state index >= 15 is 0 Å². The smallest absolute Gasteiger partial charge is 0.251 e. The number of halogens is 1. The molecule has 0 saturated carbocycles. The van der Waals surface area contributed by atoms with Crippen molar-refractivity contribution < 1.29 is 9.59 Å². The lowest BCUT2D eigenvalue weighted by Crippen LogP contribution is -2.29. The fourth-order valence-electron chi connectivity index (χ4n) is 3.31. The third-order valence-corrected chi connectivity index (χ3v) is 6.76. The summed E-state index contributed by atoms with van der Waals surface area (Å²) in [5, 5.41) is 3.48. The van der Waals surface area contributed by atoms with Crippen LogP contribution < -0.4 is 11.1 Å². The number of thiophene rings is 1. The number of alkyl halides is 1. The van der Waals surface area contributed by atoms with Crippen molar-refractivity contribution in [3.05, 3.63) is 16.0 Å². The van der Waals surface area contributed by atoms with E-state index in [2.05, 4.69) is 26.1 Å². The topological polar surface area (TPSA) is 72.2 Å². The van der Waals surface area contributed by atoms with Crippen LogP contribution in [0.25, 0.3) is 0 Å².